The number of aromatic nitrogens is 3. The molecule has 0 saturated carbocycles. The summed E-state index contributed by atoms with van der Waals surface area (Å²) in [6, 6.07) is 8.60. The van der Waals surface area contributed by atoms with E-state index in [1.807, 2.05) is 0 Å². The standard InChI is InChI=1S/C21H17FN6O3/c22-12-2-4-16(23)15(7-12)17-10-28(26-25-17)13-3-1-11-9-27(21(31)14(11)8-13)18-5-6-19(29)24-20(18)30/h1-4,7-8,10,18H,5-6,9,23H2,(H,24,29,30). The van der Waals surface area contributed by atoms with Gasteiger partial charge in [-0.1, -0.05) is 11.3 Å². The number of nitrogens with one attached hydrogen (secondary N) is 1. The van der Waals surface area contributed by atoms with Crippen LogP contribution < -0.4 is 11.1 Å². The normalized spacial score (nSPS) is 18.3. The number of rotatable bonds is 3. The fourth-order valence-corrected chi connectivity index (χ4v) is 3.95. The number of hydrogen-bond acceptors (Lipinski definition) is 6. The Morgan fingerprint density at radius 2 is 1.94 bits per heavy atom. The van der Waals surface area contributed by atoms with Gasteiger partial charge >= 0.3 is 0 Å². The van der Waals surface area contributed by atoms with Crippen LogP contribution in [0.5, 0.6) is 0 Å². The molecule has 0 radical (unpaired) electrons. The number of anilines is 1. The first-order chi connectivity index (χ1) is 14.9. The number of piperidine rings is 1. The van der Waals surface area contributed by atoms with E-state index in [9.17, 15) is 18.8 Å². The minimum atomic E-state index is -0.671. The van der Waals surface area contributed by atoms with Crippen molar-refractivity contribution in [2.45, 2.75) is 25.4 Å². The van der Waals surface area contributed by atoms with Crippen LogP contribution in [0.15, 0.2) is 42.6 Å². The summed E-state index contributed by atoms with van der Waals surface area (Å²) < 4.78 is 15.1. The van der Waals surface area contributed by atoms with Gasteiger partial charge in [0, 0.05) is 29.8 Å². The molecule has 0 bridgehead atoms. The molecular formula is C21H17FN6O3. The lowest BCUT2D eigenvalue weighted by atomic mass is 10.0. The summed E-state index contributed by atoms with van der Waals surface area (Å²) in [5.41, 5.74) is 8.95. The lowest BCUT2D eigenvalue weighted by Gasteiger charge is -2.29. The second-order valence-electron chi connectivity index (χ2n) is 7.52. The van der Waals surface area contributed by atoms with Gasteiger partial charge in [-0.15, -0.1) is 5.10 Å². The van der Waals surface area contributed by atoms with E-state index in [1.165, 1.54) is 27.8 Å². The Balaban J connectivity index is 1.43. The number of nitrogen functional groups attached to an aromatic ring is 1. The minimum absolute atomic E-state index is 0.201. The summed E-state index contributed by atoms with van der Waals surface area (Å²) >= 11 is 0. The van der Waals surface area contributed by atoms with E-state index in [0.717, 1.165) is 5.56 Å². The number of fused-ring (bicyclic) bond motifs is 1. The first-order valence-corrected chi connectivity index (χ1v) is 9.66. The zero-order valence-electron chi connectivity index (χ0n) is 16.2. The average Bonchev–Trinajstić information content (AvgIpc) is 3.35. The third-order valence-electron chi connectivity index (χ3n) is 5.56. The maximum absolute atomic E-state index is 13.6. The van der Waals surface area contributed by atoms with Crippen molar-refractivity contribution in [3.63, 3.8) is 0 Å². The van der Waals surface area contributed by atoms with Crippen molar-refractivity contribution >= 4 is 23.4 Å². The van der Waals surface area contributed by atoms with E-state index in [2.05, 4.69) is 15.6 Å². The van der Waals surface area contributed by atoms with Gasteiger partial charge in [0.05, 0.1) is 11.9 Å². The van der Waals surface area contributed by atoms with Crippen LogP contribution >= 0.6 is 0 Å². The predicted octanol–water partition coefficient (Wildman–Crippen LogP) is 1.42. The molecule has 3 N–H and O–H groups in total. The zero-order valence-corrected chi connectivity index (χ0v) is 16.2. The summed E-state index contributed by atoms with van der Waals surface area (Å²) in [6.45, 7) is 0.295. The first-order valence-electron chi connectivity index (χ1n) is 9.66. The topological polar surface area (TPSA) is 123 Å². The van der Waals surface area contributed by atoms with Crippen LogP contribution in [0.1, 0.15) is 28.8 Å². The molecule has 3 amide bonds. The number of amides is 3. The molecule has 1 atom stereocenters. The molecule has 10 heteroatoms. The Hall–Kier alpha value is -4.08. The summed E-state index contributed by atoms with van der Waals surface area (Å²) in [5, 5.41) is 10.4. The molecule has 0 spiro atoms. The number of nitrogens with zero attached hydrogens (tertiary/aromatic N) is 4. The maximum atomic E-state index is 13.6. The van der Waals surface area contributed by atoms with Crippen LogP contribution in [-0.4, -0.2) is 43.7 Å². The second-order valence-corrected chi connectivity index (χ2v) is 7.52. The van der Waals surface area contributed by atoms with Gasteiger partial charge < -0.3 is 10.6 Å². The number of benzene rings is 2. The Morgan fingerprint density at radius 1 is 1.10 bits per heavy atom. The Labute approximate surface area is 175 Å². The third kappa shape index (κ3) is 3.21. The van der Waals surface area contributed by atoms with Gasteiger partial charge in [0.2, 0.25) is 11.8 Å². The van der Waals surface area contributed by atoms with Crippen molar-refractivity contribution in [3.8, 4) is 16.9 Å². The molecule has 3 heterocycles. The molecule has 2 aliphatic heterocycles. The summed E-state index contributed by atoms with van der Waals surface area (Å²) in [4.78, 5) is 38.0. The second kappa shape index (κ2) is 7.01. The third-order valence-corrected chi connectivity index (χ3v) is 5.56. The highest BCUT2D eigenvalue weighted by Crippen LogP contribution is 2.30. The largest absolute Gasteiger partial charge is 0.398 e. The van der Waals surface area contributed by atoms with Crippen molar-refractivity contribution in [3.05, 3.63) is 59.5 Å². The molecule has 156 valence electrons. The van der Waals surface area contributed by atoms with Crippen molar-refractivity contribution in [2.75, 3.05) is 5.73 Å². The van der Waals surface area contributed by atoms with Gasteiger partial charge in [-0.25, -0.2) is 9.07 Å². The van der Waals surface area contributed by atoms with Crippen LogP contribution in [0.2, 0.25) is 0 Å². The van der Waals surface area contributed by atoms with E-state index in [0.29, 0.717) is 41.2 Å². The Bertz CT molecular complexity index is 1250. The first kappa shape index (κ1) is 18.9. The van der Waals surface area contributed by atoms with Crippen molar-refractivity contribution in [1.29, 1.82) is 0 Å². The number of halogens is 1. The van der Waals surface area contributed by atoms with E-state index in [1.54, 1.807) is 24.4 Å². The number of hydrogen-bond donors (Lipinski definition) is 2. The molecule has 1 fully saturated rings. The van der Waals surface area contributed by atoms with Gasteiger partial charge in [0.25, 0.3) is 5.91 Å². The minimum Gasteiger partial charge on any atom is -0.398 e. The molecule has 1 saturated heterocycles. The van der Waals surface area contributed by atoms with Crippen LogP contribution in [0.4, 0.5) is 10.1 Å². The molecule has 1 aromatic heterocycles. The lowest BCUT2D eigenvalue weighted by molar-refractivity contribution is -0.136. The highest BCUT2D eigenvalue weighted by atomic mass is 19.1. The fourth-order valence-electron chi connectivity index (χ4n) is 3.95. The smallest absolute Gasteiger partial charge is 0.255 e. The maximum Gasteiger partial charge on any atom is 0.255 e. The van der Waals surface area contributed by atoms with Gasteiger partial charge in [0.1, 0.15) is 17.6 Å². The Kier molecular flexibility index (Phi) is 4.28. The SMILES string of the molecule is Nc1ccc(F)cc1-c1cn(-c2ccc3c(c2)C(=O)N(C2CCC(=O)NC2=O)C3)nn1. The van der Waals surface area contributed by atoms with Gasteiger partial charge in [-0.05, 0) is 42.3 Å². The lowest BCUT2D eigenvalue weighted by Crippen LogP contribution is -2.52. The number of imide groups is 1. The molecule has 0 aliphatic carbocycles. The quantitative estimate of drug-likeness (QED) is 0.488. The van der Waals surface area contributed by atoms with Gasteiger partial charge in [-0.2, -0.15) is 0 Å². The van der Waals surface area contributed by atoms with Crippen molar-refractivity contribution in [1.82, 2.24) is 25.2 Å². The van der Waals surface area contributed by atoms with E-state index >= 15 is 0 Å². The monoisotopic (exact) mass is 420 g/mol. The van der Waals surface area contributed by atoms with Crippen LogP contribution in [0.25, 0.3) is 16.9 Å². The molecule has 2 aliphatic rings. The molecule has 2 aromatic carbocycles. The van der Waals surface area contributed by atoms with Crippen molar-refractivity contribution in [2.24, 2.45) is 0 Å². The number of nitrogens with two attached hydrogens (primary N) is 1. The molecule has 3 aromatic rings. The zero-order chi connectivity index (χ0) is 21.7. The highest BCUT2D eigenvalue weighted by molar-refractivity contribution is 6.05. The summed E-state index contributed by atoms with van der Waals surface area (Å²) in [7, 11) is 0. The molecule has 5 rings (SSSR count). The van der Waals surface area contributed by atoms with Crippen molar-refractivity contribution < 1.29 is 18.8 Å². The molecule has 1 unspecified atom stereocenters. The Morgan fingerprint density at radius 3 is 2.74 bits per heavy atom. The van der Waals surface area contributed by atoms with Crippen LogP contribution in [-0.2, 0) is 16.1 Å². The van der Waals surface area contributed by atoms with Gasteiger partial charge in [0.15, 0.2) is 0 Å². The average molecular weight is 420 g/mol. The molecule has 31 heavy (non-hydrogen) atoms. The fraction of sp³-hybridized carbons (Fsp3) is 0.190. The van der Waals surface area contributed by atoms with E-state index in [4.69, 9.17) is 5.73 Å². The van der Waals surface area contributed by atoms with Crippen LogP contribution in [0, 0.1) is 5.82 Å². The predicted molar refractivity (Wildman–Crippen MR) is 107 cm³/mol. The summed E-state index contributed by atoms with van der Waals surface area (Å²) in [6.07, 6.45) is 2.11. The van der Waals surface area contributed by atoms with E-state index in [-0.39, 0.29) is 18.2 Å². The molecule has 9 nitrogen and oxygen atoms in total. The number of carbonyl (C=O) groups excluding carboxylic acids is 3. The van der Waals surface area contributed by atoms with E-state index < -0.39 is 17.8 Å². The van der Waals surface area contributed by atoms with Gasteiger partial charge in [-0.3, -0.25) is 19.7 Å². The van der Waals surface area contributed by atoms with Crippen LogP contribution in [0.3, 0.4) is 0 Å². The highest BCUT2D eigenvalue weighted by Gasteiger charge is 2.39. The number of carbonyl (C=O) groups is 3. The molecular weight excluding hydrogens is 403 g/mol. The summed E-state index contributed by atoms with van der Waals surface area (Å²) in [5.74, 6) is -1.49.